The summed E-state index contributed by atoms with van der Waals surface area (Å²) in [5.74, 6) is 0. The Bertz CT molecular complexity index is 318. The van der Waals surface area contributed by atoms with Crippen LogP contribution in [-0.4, -0.2) is 17.6 Å². The Kier molecular flexibility index (Phi) is 3.70. The quantitative estimate of drug-likeness (QED) is 0.860. The van der Waals surface area contributed by atoms with Crippen molar-refractivity contribution in [3.8, 4) is 0 Å². The third-order valence-electron chi connectivity index (χ3n) is 2.89. The van der Waals surface area contributed by atoms with Crippen LogP contribution < -0.4 is 5.32 Å². The standard InChI is InChI=1S/C11H17FN2S/c1-8-10(7-12)15-11(14-8)6-9-4-2-3-5-13-9/h9,13H,2-7H2,1H3. The average Bonchev–Trinajstić information content (AvgIpc) is 2.60. The van der Waals surface area contributed by atoms with Gasteiger partial charge in [0.25, 0.3) is 0 Å². The molecule has 1 N–H and O–H groups in total. The van der Waals surface area contributed by atoms with Crippen molar-refractivity contribution in [3.63, 3.8) is 0 Å². The van der Waals surface area contributed by atoms with E-state index >= 15 is 0 Å². The van der Waals surface area contributed by atoms with E-state index in [-0.39, 0.29) is 6.67 Å². The number of hydrogen-bond acceptors (Lipinski definition) is 3. The summed E-state index contributed by atoms with van der Waals surface area (Å²) in [5, 5.41) is 4.57. The second-order valence-corrected chi connectivity index (χ2v) is 5.27. The number of halogens is 1. The number of piperidine rings is 1. The Labute approximate surface area is 93.9 Å². The smallest absolute Gasteiger partial charge is 0.126 e. The van der Waals surface area contributed by atoms with Gasteiger partial charge in [-0.3, -0.25) is 0 Å². The van der Waals surface area contributed by atoms with Gasteiger partial charge in [0.1, 0.15) is 6.67 Å². The summed E-state index contributed by atoms with van der Waals surface area (Å²) in [6.45, 7) is 2.63. The lowest BCUT2D eigenvalue weighted by Gasteiger charge is -2.22. The molecule has 0 radical (unpaired) electrons. The lowest BCUT2D eigenvalue weighted by Crippen LogP contribution is -2.35. The van der Waals surface area contributed by atoms with Gasteiger partial charge in [-0.05, 0) is 26.3 Å². The molecule has 1 aliphatic heterocycles. The van der Waals surface area contributed by atoms with E-state index in [2.05, 4.69) is 10.3 Å². The summed E-state index contributed by atoms with van der Waals surface area (Å²) in [7, 11) is 0. The number of alkyl halides is 1. The number of nitrogens with one attached hydrogen (secondary N) is 1. The van der Waals surface area contributed by atoms with E-state index < -0.39 is 0 Å². The first-order valence-electron chi connectivity index (χ1n) is 5.54. The highest BCUT2D eigenvalue weighted by molar-refractivity contribution is 7.11. The zero-order chi connectivity index (χ0) is 10.7. The molecule has 2 heterocycles. The summed E-state index contributed by atoms with van der Waals surface area (Å²) < 4.78 is 12.5. The Morgan fingerprint density at radius 3 is 3.00 bits per heavy atom. The van der Waals surface area contributed by atoms with Crippen LogP contribution in [0.1, 0.15) is 34.8 Å². The Morgan fingerprint density at radius 1 is 1.53 bits per heavy atom. The Hall–Kier alpha value is -0.480. The molecule has 0 aromatic carbocycles. The number of thiazole rings is 1. The van der Waals surface area contributed by atoms with E-state index in [1.54, 1.807) is 0 Å². The molecule has 1 aliphatic rings. The highest BCUT2D eigenvalue weighted by atomic mass is 32.1. The molecule has 15 heavy (non-hydrogen) atoms. The molecule has 1 saturated heterocycles. The SMILES string of the molecule is Cc1nc(CC2CCCCN2)sc1CF. The maximum absolute atomic E-state index is 12.5. The largest absolute Gasteiger partial charge is 0.314 e. The molecular formula is C11H17FN2S. The minimum absolute atomic E-state index is 0.373. The zero-order valence-electron chi connectivity index (χ0n) is 9.05. The van der Waals surface area contributed by atoms with Gasteiger partial charge >= 0.3 is 0 Å². The fraction of sp³-hybridized carbons (Fsp3) is 0.727. The fourth-order valence-electron chi connectivity index (χ4n) is 2.01. The summed E-state index contributed by atoms with van der Waals surface area (Å²) in [6, 6.07) is 0.553. The minimum Gasteiger partial charge on any atom is -0.314 e. The average molecular weight is 228 g/mol. The van der Waals surface area contributed by atoms with Crippen LogP contribution in [0.3, 0.4) is 0 Å². The van der Waals surface area contributed by atoms with Crippen LogP contribution in [0.5, 0.6) is 0 Å². The maximum Gasteiger partial charge on any atom is 0.126 e. The van der Waals surface area contributed by atoms with E-state index in [0.29, 0.717) is 6.04 Å². The molecule has 0 aliphatic carbocycles. The molecule has 4 heteroatoms. The van der Waals surface area contributed by atoms with E-state index in [1.165, 1.54) is 30.6 Å². The van der Waals surface area contributed by atoms with Crippen molar-refractivity contribution in [2.45, 2.75) is 45.3 Å². The van der Waals surface area contributed by atoms with Crippen LogP contribution in [0.15, 0.2) is 0 Å². The summed E-state index contributed by atoms with van der Waals surface area (Å²) in [6.07, 6.45) is 4.77. The van der Waals surface area contributed by atoms with Crippen LogP contribution in [0.25, 0.3) is 0 Å². The lowest BCUT2D eigenvalue weighted by molar-refractivity contribution is 0.399. The Balaban J connectivity index is 1.97. The molecule has 0 saturated carbocycles. The van der Waals surface area contributed by atoms with Gasteiger partial charge in [0.15, 0.2) is 0 Å². The van der Waals surface area contributed by atoms with E-state index in [4.69, 9.17) is 0 Å². The number of hydrogen-bond donors (Lipinski definition) is 1. The zero-order valence-corrected chi connectivity index (χ0v) is 9.87. The third-order valence-corrected chi connectivity index (χ3v) is 4.04. The predicted octanol–water partition coefficient (Wildman–Crippen LogP) is 2.61. The van der Waals surface area contributed by atoms with Gasteiger partial charge in [0.05, 0.1) is 15.6 Å². The van der Waals surface area contributed by atoms with Crippen molar-refractivity contribution in [3.05, 3.63) is 15.6 Å². The van der Waals surface area contributed by atoms with Crippen LogP contribution >= 0.6 is 11.3 Å². The van der Waals surface area contributed by atoms with Crippen LogP contribution in [0, 0.1) is 6.92 Å². The molecule has 84 valence electrons. The molecule has 2 nitrogen and oxygen atoms in total. The van der Waals surface area contributed by atoms with E-state index in [1.807, 2.05) is 6.92 Å². The highest BCUT2D eigenvalue weighted by Crippen LogP contribution is 2.21. The van der Waals surface area contributed by atoms with Gasteiger partial charge < -0.3 is 5.32 Å². The molecule has 1 unspecified atom stereocenters. The second-order valence-electron chi connectivity index (χ2n) is 4.10. The molecule has 2 rings (SSSR count). The molecule has 1 aromatic rings. The molecular weight excluding hydrogens is 211 g/mol. The van der Waals surface area contributed by atoms with Crippen LogP contribution in [-0.2, 0) is 13.1 Å². The lowest BCUT2D eigenvalue weighted by atomic mass is 10.0. The monoisotopic (exact) mass is 228 g/mol. The minimum atomic E-state index is -0.373. The molecule has 1 atom stereocenters. The van der Waals surface area contributed by atoms with E-state index in [0.717, 1.165) is 28.5 Å². The van der Waals surface area contributed by atoms with Crippen molar-refractivity contribution < 1.29 is 4.39 Å². The van der Waals surface area contributed by atoms with Crippen LogP contribution in [0.2, 0.25) is 0 Å². The van der Waals surface area contributed by atoms with Gasteiger partial charge in [-0.25, -0.2) is 9.37 Å². The summed E-state index contributed by atoms with van der Waals surface area (Å²) in [4.78, 5) is 5.21. The van der Waals surface area contributed by atoms with Gasteiger partial charge in [-0.15, -0.1) is 11.3 Å². The first kappa shape index (κ1) is 11.0. The van der Waals surface area contributed by atoms with Crippen molar-refractivity contribution in [1.82, 2.24) is 10.3 Å². The number of nitrogens with zero attached hydrogens (tertiary/aromatic N) is 1. The highest BCUT2D eigenvalue weighted by Gasteiger charge is 2.16. The maximum atomic E-state index is 12.5. The third kappa shape index (κ3) is 2.75. The van der Waals surface area contributed by atoms with Crippen LogP contribution in [0.4, 0.5) is 4.39 Å². The molecule has 1 fully saturated rings. The number of rotatable bonds is 3. The number of aromatic nitrogens is 1. The van der Waals surface area contributed by atoms with E-state index in [9.17, 15) is 4.39 Å². The normalized spacial score (nSPS) is 21.9. The molecule has 0 amide bonds. The van der Waals surface area contributed by atoms with Gasteiger partial charge in [0.2, 0.25) is 0 Å². The van der Waals surface area contributed by atoms with Crippen molar-refractivity contribution in [2.75, 3.05) is 6.54 Å². The molecule has 0 spiro atoms. The summed E-state index contributed by atoms with van der Waals surface area (Å²) >= 11 is 1.53. The summed E-state index contributed by atoms with van der Waals surface area (Å²) in [5.41, 5.74) is 0.869. The van der Waals surface area contributed by atoms with Crippen molar-refractivity contribution in [2.24, 2.45) is 0 Å². The van der Waals surface area contributed by atoms with Gasteiger partial charge in [-0.2, -0.15) is 0 Å². The van der Waals surface area contributed by atoms with Crippen molar-refractivity contribution >= 4 is 11.3 Å². The fourth-order valence-corrected chi connectivity index (χ4v) is 3.01. The topological polar surface area (TPSA) is 24.9 Å². The first-order valence-corrected chi connectivity index (χ1v) is 6.36. The second kappa shape index (κ2) is 5.03. The van der Waals surface area contributed by atoms with Gasteiger partial charge in [0, 0.05) is 12.5 Å². The van der Waals surface area contributed by atoms with Crippen molar-refractivity contribution in [1.29, 1.82) is 0 Å². The molecule has 1 aromatic heterocycles. The Morgan fingerprint density at radius 2 is 2.40 bits per heavy atom. The number of aryl methyl sites for hydroxylation is 1. The predicted molar refractivity (Wildman–Crippen MR) is 61.0 cm³/mol. The molecule has 0 bridgehead atoms. The first-order chi connectivity index (χ1) is 7.29. The van der Waals surface area contributed by atoms with Gasteiger partial charge in [-0.1, -0.05) is 6.42 Å².